The number of aromatic nitrogens is 3. The molecule has 2 aromatic heterocycles. The van der Waals surface area contributed by atoms with Crippen LogP contribution in [-0.2, 0) is 10.0 Å². The van der Waals surface area contributed by atoms with E-state index in [-0.39, 0.29) is 11.7 Å². The number of hydrogen-bond donors (Lipinski definition) is 2. The minimum Gasteiger partial charge on any atom is -0.384 e. The lowest BCUT2D eigenvalue weighted by Gasteiger charge is -2.38. The smallest absolute Gasteiger partial charge is 0.213 e. The van der Waals surface area contributed by atoms with Gasteiger partial charge in [-0.25, -0.2) is 27.7 Å². The topological polar surface area (TPSA) is 114 Å². The first kappa shape index (κ1) is 14.9. The zero-order chi connectivity index (χ0) is 15.7. The molecule has 0 atom stereocenters. The molecule has 3 N–H and O–H groups in total. The van der Waals surface area contributed by atoms with E-state index in [0.717, 1.165) is 5.39 Å². The average Bonchev–Trinajstić information content (AvgIpc) is 2.45. The number of anilines is 2. The number of nitrogens with two attached hydrogens (primary N) is 1. The molecule has 118 valence electrons. The maximum absolute atomic E-state index is 11.7. The average molecular weight is 322 g/mol. The molecule has 3 rings (SSSR count). The fourth-order valence-corrected chi connectivity index (χ4v) is 3.64. The SMILES string of the molecule is CCS(=O)(=O)N1CC(CNc2ncnc3nc(N)ccc23)C1. The summed E-state index contributed by atoms with van der Waals surface area (Å²) in [6.07, 6.45) is 1.44. The van der Waals surface area contributed by atoms with Crippen molar-refractivity contribution in [2.75, 3.05) is 36.4 Å². The number of rotatable bonds is 5. The van der Waals surface area contributed by atoms with Gasteiger partial charge in [-0.1, -0.05) is 0 Å². The van der Waals surface area contributed by atoms with Crippen LogP contribution in [0.5, 0.6) is 0 Å². The van der Waals surface area contributed by atoms with Crippen LogP contribution in [0, 0.1) is 5.92 Å². The Balaban J connectivity index is 1.64. The molecule has 2 aromatic rings. The summed E-state index contributed by atoms with van der Waals surface area (Å²) >= 11 is 0. The summed E-state index contributed by atoms with van der Waals surface area (Å²) in [4.78, 5) is 12.5. The van der Waals surface area contributed by atoms with Crippen LogP contribution in [-0.4, -0.2) is 53.1 Å². The zero-order valence-electron chi connectivity index (χ0n) is 12.2. The summed E-state index contributed by atoms with van der Waals surface area (Å²) in [5.41, 5.74) is 6.18. The van der Waals surface area contributed by atoms with Crippen LogP contribution in [0.2, 0.25) is 0 Å². The zero-order valence-corrected chi connectivity index (χ0v) is 13.0. The molecule has 0 aromatic carbocycles. The molecular formula is C13H18N6O2S. The summed E-state index contributed by atoms with van der Waals surface area (Å²) < 4.78 is 24.9. The highest BCUT2D eigenvalue weighted by Gasteiger charge is 2.34. The number of pyridine rings is 1. The van der Waals surface area contributed by atoms with Crippen LogP contribution in [0.4, 0.5) is 11.6 Å². The van der Waals surface area contributed by atoms with Gasteiger partial charge in [0.25, 0.3) is 0 Å². The minimum atomic E-state index is -3.06. The molecule has 8 nitrogen and oxygen atoms in total. The van der Waals surface area contributed by atoms with Crippen LogP contribution in [0.1, 0.15) is 6.92 Å². The molecule has 1 aliphatic heterocycles. The number of nitrogen functional groups attached to an aromatic ring is 1. The predicted molar refractivity (Wildman–Crippen MR) is 84.8 cm³/mol. The van der Waals surface area contributed by atoms with Gasteiger partial charge in [-0.05, 0) is 19.1 Å². The van der Waals surface area contributed by atoms with Crippen molar-refractivity contribution >= 4 is 32.7 Å². The molecule has 0 radical (unpaired) electrons. The molecule has 3 heterocycles. The molecule has 22 heavy (non-hydrogen) atoms. The van der Waals surface area contributed by atoms with Gasteiger partial charge in [0.1, 0.15) is 18.0 Å². The second-order valence-electron chi connectivity index (χ2n) is 5.29. The Bertz CT molecular complexity index is 788. The lowest BCUT2D eigenvalue weighted by atomic mass is 10.0. The quantitative estimate of drug-likeness (QED) is 0.813. The van der Waals surface area contributed by atoms with E-state index in [1.807, 2.05) is 6.07 Å². The molecular weight excluding hydrogens is 304 g/mol. The van der Waals surface area contributed by atoms with Crippen LogP contribution in [0.25, 0.3) is 11.0 Å². The Kier molecular flexibility index (Phi) is 3.83. The lowest BCUT2D eigenvalue weighted by Crippen LogP contribution is -2.52. The van der Waals surface area contributed by atoms with Crippen LogP contribution in [0.15, 0.2) is 18.5 Å². The molecule has 0 saturated carbocycles. The Labute approximate surface area is 128 Å². The fraction of sp³-hybridized carbons (Fsp3) is 0.462. The number of nitrogens with one attached hydrogen (secondary N) is 1. The monoisotopic (exact) mass is 322 g/mol. The third kappa shape index (κ3) is 2.81. The first-order valence-electron chi connectivity index (χ1n) is 7.08. The van der Waals surface area contributed by atoms with Crippen molar-refractivity contribution in [3.8, 4) is 0 Å². The molecule has 1 fully saturated rings. The second-order valence-corrected chi connectivity index (χ2v) is 7.55. The van der Waals surface area contributed by atoms with Gasteiger partial charge in [0.05, 0.1) is 11.1 Å². The first-order valence-corrected chi connectivity index (χ1v) is 8.69. The van der Waals surface area contributed by atoms with E-state index in [4.69, 9.17) is 5.73 Å². The van der Waals surface area contributed by atoms with Gasteiger partial charge >= 0.3 is 0 Å². The third-order valence-electron chi connectivity index (χ3n) is 3.76. The molecule has 0 spiro atoms. The Morgan fingerprint density at radius 3 is 2.86 bits per heavy atom. The number of hydrogen-bond acceptors (Lipinski definition) is 7. The molecule has 1 saturated heterocycles. The molecule has 0 bridgehead atoms. The van der Waals surface area contributed by atoms with Crippen molar-refractivity contribution in [3.05, 3.63) is 18.5 Å². The van der Waals surface area contributed by atoms with Gasteiger partial charge in [0.2, 0.25) is 10.0 Å². The van der Waals surface area contributed by atoms with Crippen molar-refractivity contribution in [1.29, 1.82) is 0 Å². The lowest BCUT2D eigenvalue weighted by molar-refractivity contribution is 0.212. The highest BCUT2D eigenvalue weighted by Crippen LogP contribution is 2.22. The number of fused-ring (bicyclic) bond motifs is 1. The van der Waals surface area contributed by atoms with E-state index in [1.165, 1.54) is 10.6 Å². The first-order chi connectivity index (χ1) is 10.5. The maximum Gasteiger partial charge on any atom is 0.213 e. The largest absolute Gasteiger partial charge is 0.384 e. The summed E-state index contributed by atoms with van der Waals surface area (Å²) in [6.45, 7) is 3.42. The summed E-state index contributed by atoms with van der Waals surface area (Å²) in [5, 5.41) is 4.05. The van der Waals surface area contributed by atoms with E-state index in [9.17, 15) is 8.42 Å². The van der Waals surface area contributed by atoms with E-state index in [0.29, 0.717) is 36.9 Å². The number of nitrogens with zero attached hydrogens (tertiary/aromatic N) is 4. The van der Waals surface area contributed by atoms with Crippen molar-refractivity contribution in [2.24, 2.45) is 5.92 Å². The Hall–Kier alpha value is -2.00. The van der Waals surface area contributed by atoms with Gasteiger partial charge in [-0.15, -0.1) is 0 Å². The highest BCUT2D eigenvalue weighted by molar-refractivity contribution is 7.89. The van der Waals surface area contributed by atoms with E-state index in [1.54, 1.807) is 13.0 Å². The van der Waals surface area contributed by atoms with Crippen molar-refractivity contribution < 1.29 is 8.42 Å². The van der Waals surface area contributed by atoms with Crippen LogP contribution in [0.3, 0.4) is 0 Å². The molecule has 0 aliphatic carbocycles. The number of sulfonamides is 1. The van der Waals surface area contributed by atoms with Gasteiger partial charge in [0, 0.05) is 25.6 Å². The molecule has 0 amide bonds. The molecule has 1 aliphatic rings. The Morgan fingerprint density at radius 2 is 2.14 bits per heavy atom. The van der Waals surface area contributed by atoms with Crippen molar-refractivity contribution in [2.45, 2.75) is 6.92 Å². The van der Waals surface area contributed by atoms with E-state index in [2.05, 4.69) is 20.3 Å². The van der Waals surface area contributed by atoms with E-state index < -0.39 is 10.0 Å². The van der Waals surface area contributed by atoms with Gasteiger partial charge in [0.15, 0.2) is 5.65 Å². The van der Waals surface area contributed by atoms with E-state index >= 15 is 0 Å². The molecule has 9 heteroatoms. The maximum atomic E-state index is 11.7. The van der Waals surface area contributed by atoms with Gasteiger partial charge < -0.3 is 11.1 Å². The van der Waals surface area contributed by atoms with Crippen molar-refractivity contribution in [3.63, 3.8) is 0 Å². The minimum absolute atomic E-state index is 0.150. The van der Waals surface area contributed by atoms with Gasteiger partial charge in [-0.3, -0.25) is 0 Å². The third-order valence-corrected chi connectivity index (χ3v) is 5.57. The highest BCUT2D eigenvalue weighted by atomic mass is 32.2. The fourth-order valence-electron chi connectivity index (χ4n) is 2.40. The molecule has 0 unspecified atom stereocenters. The predicted octanol–water partition coefficient (Wildman–Crippen LogP) is 0.300. The van der Waals surface area contributed by atoms with Crippen LogP contribution < -0.4 is 11.1 Å². The summed E-state index contributed by atoms with van der Waals surface area (Å²) in [5.74, 6) is 1.54. The van der Waals surface area contributed by atoms with Gasteiger partial charge in [-0.2, -0.15) is 0 Å². The summed E-state index contributed by atoms with van der Waals surface area (Å²) in [6, 6.07) is 3.53. The van der Waals surface area contributed by atoms with Crippen LogP contribution >= 0.6 is 0 Å². The second kappa shape index (κ2) is 5.65. The van der Waals surface area contributed by atoms with Crippen molar-refractivity contribution in [1.82, 2.24) is 19.3 Å². The summed E-state index contributed by atoms with van der Waals surface area (Å²) in [7, 11) is -3.06. The normalized spacial score (nSPS) is 16.6. The standard InChI is InChI=1S/C13H18N6O2S/c1-2-22(20,21)19-6-9(7-19)5-15-12-10-3-4-11(14)18-13(10)17-8-16-12/h3-4,8-9H,2,5-7H2,1H3,(H3,14,15,16,17,18). The Morgan fingerprint density at radius 1 is 1.36 bits per heavy atom.